The molecule has 0 unspecified atom stereocenters. The summed E-state index contributed by atoms with van der Waals surface area (Å²) in [5.41, 5.74) is 6.95. The first-order chi connectivity index (χ1) is 9.66. The van der Waals surface area contributed by atoms with Crippen molar-refractivity contribution in [3.8, 4) is 0 Å². The van der Waals surface area contributed by atoms with E-state index in [9.17, 15) is 4.79 Å². The average molecular weight is 288 g/mol. The van der Waals surface area contributed by atoms with Gasteiger partial charge in [-0.25, -0.2) is 9.97 Å². The number of furan rings is 1. The SMILES string of the molecule is CN(Cc1ccco1)C(=O)c1sc2nccnc2c1N. The molecule has 3 aromatic heterocycles. The van der Waals surface area contributed by atoms with Crippen molar-refractivity contribution in [3.63, 3.8) is 0 Å². The number of nitrogens with zero attached hydrogens (tertiary/aromatic N) is 3. The first kappa shape index (κ1) is 12.6. The number of nitrogens with two attached hydrogens (primary N) is 1. The Morgan fingerprint density at radius 2 is 2.25 bits per heavy atom. The minimum Gasteiger partial charge on any atom is -0.467 e. The Kier molecular flexibility index (Phi) is 3.11. The summed E-state index contributed by atoms with van der Waals surface area (Å²) in [6.45, 7) is 0.389. The number of anilines is 1. The molecule has 1 amide bonds. The van der Waals surface area contributed by atoms with Crippen molar-refractivity contribution < 1.29 is 9.21 Å². The summed E-state index contributed by atoms with van der Waals surface area (Å²) in [6, 6.07) is 3.61. The van der Waals surface area contributed by atoms with Crippen LogP contribution in [0.5, 0.6) is 0 Å². The molecule has 0 bridgehead atoms. The molecule has 2 N–H and O–H groups in total. The van der Waals surface area contributed by atoms with Gasteiger partial charge in [0.2, 0.25) is 0 Å². The molecule has 0 radical (unpaired) electrons. The largest absolute Gasteiger partial charge is 0.467 e. The third-order valence-electron chi connectivity index (χ3n) is 2.88. The zero-order chi connectivity index (χ0) is 14.1. The zero-order valence-corrected chi connectivity index (χ0v) is 11.6. The summed E-state index contributed by atoms with van der Waals surface area (Å²) in [7, 11) is 1.70. The monoisotopic (exact) mass is 288 g/mol. The van der Waals surface area contributed by atoms with Crippen LogP contribution in [0, 0.1) is 0 Å². The Hall–Kier alpha value is -2.41. The van der Waals surface area contributed by atoms with E-state index < -0.39 is 0 Å². The van der Waals surface area contributed by atoms with Gasteiger partial charge in [0.25, 0.3) is 5.91 Å². The van der Waals surface area contributed by atoms with Gasteiger partial charge in [-0.2, -0.15) is 0 Å². The van der Waals surface area contributed by atoms with Crippen LogP contribution in [0.15, 0.2) is 35.2 Å². The van der Waals surface area contributed by atoms with E-state index in [2.05, 4.69) is 9.97 Å². The number of carbonyl (C=O) groups excluding carboxylic acids is 1. The highest BCUT2D eigenvalue weighted by molar-refractivity contribution is 7.21. The number of nitrogen functional groups attached to an aromatic ring is 1. The molecule has 0 fully saturated rings. The van der Waals surface area contributed by atoms with E-state index in [1.165, 1.54) is 11.3 Å². The van der Waals surface area contributed by atoms with Crippen molar-refractivity contribution in [1.82, 2.24) is 14.9 Å². The van der Waals surface area contributed by atoms with Gasteiger partial charge in [0.15, 0.2) is 0 Å². The molecule has 7 heteroatoms. The molecule has 20 heavy (non-hydrogen) atoms. The van der Waals surface area contributed by atoms with Crippen LogP contribution in [0.4, 0.5) is 5.69 Å². The van der Waals surface area contributed by atoms with Crippen molar-refractivity contribution in [2.75, 3.05) is 12.8 Å². The summed E-state index contributed by atoms with van der Waals surface area (Å²) < 4.78 is 5.23. The molecule has 0 aliphatic carbocycles. The number of aromatic nitrogens is 2. The van der Waals surface area contributed by atoms with Crippen molar-refractivity contribution >= 4 is 33.3 Å². The predicted molar refractivity (Wildman–Crippen MR) is 76.3 cm³/mol. The highest BCUT2D eigenvalue weighted by Gasteiger charge is 2.21. The van der Waals surface area contributed by atoms with Crippen LogP contribution in [0.1, 0.15) is 15.4 Å². The normalized spacial score (nSPS) is 10.8. The molecule has 3 heterocycles. The fourth-order valence-electron chi connectivity index (χ4n) is 1.88. The zero-order valence-electron chi connectivity index (χ0n) is 10.7. The predicted octanol–water partition coefficient (Wildman–Crippen LogP) is 2.14. The fourth-order valence-corrected chi connectivity index (χ4v) is 2.90. The Bertz CT molecular complexity index is 751. The van der Waals surface area contributed by atoms with E-state index in [0.29, 0.717) is 27.5 Å². The first-order valence-electron chi connectivity index (χ1n) is 5.93. The molecular formula is C13H12N4O2S. The number of hydrogen-bond acceptors (Lipinski definition) is 6. The van der Waals surface area contributed by atoms with Gasteiger partial charge in [-0.15, -0.1) is 11.3 Å². The smallest absolute Gasteiger partial charge is 0.266 e. The van der Waals surface area contributed by atoms with Gasteiger partial charge in [0.1, 0.15) is 21.0 Å². The molecule has 3 aromatic rings. The van der Waals surface area contributed by atoms with E-state index in [1.54, 1.807) is 36.7 Å². The molecule has 102 valence electrons. The highest BCUT2D eigenvalue weighted by atomic mass is 32.1. The number of fused-ring (bicyclic) bond motifs is 1. The minimum absolute atomic E-state index is 0.163. The summed E-state index contributed by atoms with van der Waals surface area (Å²) >= 11 is 1.25. The molecular weight excluding hydrogens is 276 g/mol. The summed E-state index contributed by atoms with van der Waals surface area (Å²) in [5.74, 6) is 0.556. The van der Waals surface area contributed by atoms with Gasteiger partial charge < -0.3 is 15.1 Å². The Balaban J connectivity index is 1.90. The lowest BCUT2D eigenvalue weighted by molar-refractivity contribution is 0.0781. The molecule has 6 nitrogen and oxygen atoms in total. The van der Waals surface area contributed by atoms with Crippen LogP contribution in [0.3, 0.4) is 0 Å². The number of hydrogen-bond donors (Lipinski definition) is 1. The summed E-state index contributed by atoms with van der Waals surface area (Å²) in [6.07, 6.45) is 4.72. The van der Waals surface area contributed by atoms with Gasteiger partial charge >= 0.3 is 0 Å². The second-order valence-electron chi connectivity index (χ2n) is 4.30. The van der Waals surface area contributed by atoms with Gasteiger partial charge in [-0.05, 0) is 12.1 Å². The number of amides is 1. The van der Waals surface area contributed by atoms with Gasteiger partial charge in [0.05, 0.1) is 18.5 Å². The minimum atomic E-state index is -0.163. The third-order valence-corrected chi connectivity index (χ3v) is 3.97. The second kappa shape index (κ2) is 4.93. The quantitative estimate of drug-likeness (QED) is 0.798. The maximum atomic E-state index is 12.4. The van der Waals surface area contributed by atoms with Gasteiger partial charge in [0, 0.05) is 19.4 Å². The van der Waals surface area contributed by atoms with E-state index >= 15 is 0 Å². The van der Waals surface area contributed by atoms with Crippen molar-refractivity contribution in [1.29, 1.82) is 0 Å². The molecule has 0 atom stereocenters. The van der Waals surface area contributed by atoms with Gasteiger partial charge in [-0.3, -0.25) is 4.79 Å². The summed E-state index contributed by atoms with van der Waals surface area (Å²) in [5, 5.41) is 0. The molecule has 0 aromatic carbocycles. The van der Waals surface area contributed by atoms with Crippen LogP contribution >= 0.6 is 11.3 Å². The Morgan fingerprint density at radius 1 is 1.45 bits per heavy atom. The molecule has 0 saturated carbocycles. The lowest BCUT2D eigenvalue weighted by Crippen LogP contribution is -2.25. The molecule has 0 aliphatic heterocycles. The van der Waals surface area contributed by atoms with Crippen LogP contribution < -0.4 is 5.73 Å². The topological polar surface area (TPSA) is 85.2 Å². The molecule has 0 spiro atoms. The fraction of sp³-hybridized carbons (Fsp3) is 0.154. The maximum Gasteiger partial charge on any atom is 0.266 e. The molecule has 0 aliphatic rings. The lowest BCUT2D eigenvalue weighted by atomic mass is 10.3. The highest BCUT2D eigenvalue weighted by Crippen LogP contribution is 2.31. The van der Waals surface area contributed by atoms with E-state index in [1.807, 2.05) is 6.07 Å². The van der Waals surface area contributed by atoms with Gasteiger partial charge in [-0.1, -0.05) is 0 Å². The standard InChI is InChI=1S/C13H12N4O2S/c1-17(7-8-3-2-6-19-8)13(18)11-9(14)10-12(20-11)16-5-4-15-10/h2-6H,7,14H2,1H3. The summed E-state index contributed by atoms with van der Waals surface area (Å²) in [4.78, 5) is 23.4. The first-order valence-corrected chi connectivity index (χ1v) is 6.75. The Labute approximate surface area is 118 Å². The van der Waals surface area contributed by atoms with Crippen LogP contribution in [-0.2, 0) is 6.54 Å². The number of thiophene rings is 1. The maximum absolute atomic E-state index is 12.4. The third kappa shape index (κ3) is 2.12. The van der Waals surface area contributed by atoms with Crippen LogP contribution in [-0.4, -0.2) is 27.8 Å². The molecule has 3 rings (SSSR count). The van der Waals surface area contributed by atoms with Crippen molar-refractivity contribution in [2.45, 2.75) is 6.54 Å². The van der Waals surface area contributed by atoms with E-state index in [0.717, 1.165) is 5.76 Å². The number of rotatable bonds is 3. The van der Waals surface area contributed by atoms with Crippen molar-refractivity contribution in [3.05, 3.63) is 41.4 Å². The average Bonchev–Trinajstić information content (AvgIpc) is 3.07. The van der Waals surface area contributed by atoms with Crippen molar-refractivity contribution in [2.24, 2.45) is 0 Å². The Morgan fingerprint density at radius 3 is 2.95 bits per heavy atom. The number of carbonyl (C=O) groups is 1. The molecule has 0 saturated heterocycles. The van der Waals surface area contributed by atoms with Crippen LogP contribution in [0.25, 0.3) is 10.3 Å². The lowest BCUT2D eigenvalue weighted by Gasteiger charge is -2.14. The second-order valence-corrected chi connectivity index (χ2v) is 5.29. The van der Waals surface area contributed by atoms with E-state index in [4.69, 9.17) is 10.2 Å². The van der Waals surface area contributed by atoms with Crippen LogP contribution in [0.2, 0.25) is 0 Å². The van der Waals surface area contributed by atoms with E-state index in [-0.39, 0.29) is 5.91 Å².